The molecule has 0 spiro atoms. The quantitative estimate of drug-likeness (QED) is 0.726. The van der Waals surface area contributed by atoms with Crippen molar-refractivity contribution in [3.8, 4) is 0 Å². The maximum Gasteiger partial charge on any atom is 0.346 e. The third-order valence-corrected chi connectivity index (χ3v) is 1.56. The minimum atomic E-state index is -0.458. The largest absolute Gasteiger partial charge is 0.383 e. The molecule has 0 unspecified atom stereocenters. The molecule has 0 saturated heterocycles. The predicted octanol–water partition coefficient (Wildman–Crippen LogP) is 0.718. The minimum absolute atomic E-state index is 0.177. The highest BCUT2D eigenvalue weighted by Crippen LogP contribution is 2.20. The van der Waals surface area contributed by atoms with E-state index in [2.05, 4.69) is 32.5 Å². The van der Waals surface area contributed by atoms with E-state index >= 15 is 0 Å². The van der Waals surface area contributed by atoms with Crippen LogP contribution in [0.4, 0.5) is 5.82 Å². The standard InChI is InChI=1S/C6H6BrN3O/c1-3(7)4-2-9-6(11)10-5(4)8/h2H,1H2,(H3,8,9,10,11). The summed E-state index contributed by atoms with van der Waals surface area (Å²) in [5.41, 5.74) is 5.54. The minimum Gasteiger partial charge on any atom is -0.383 e. The van der Waals surface area contributed by atoms with Crippen molar-refractivity contribution in [1.82, 2.24) is 9.97 Å². The summed E-state index contributed by atoms with van der Waals surface area (Å²) < 4.78 is 0.596. The van der Waals surface area contributed by atoms with Crippen LogP contribution in [0.3, 0.4) is 0 Å². The second-order valence-electron chi connectivity index (χ2n) is 1.91. The Balaban J connectivity index is 3.31. The van der Waals surface area contributed by atoms with Gasteiger partial charge in [-0.05, 0) is 0 Å². The van der Waals surface area contributed by atoms with Crippen molar-refractivity contribution in [3.05, 3.63) is 28.8 Å². The van der Waals surface area contributed by atoms with Gasteiger partial charge in [0, 0.05) is 16.2 Å². The monoisotopic (exact) mass is 215 g/mol. The van der Waals surface area contributed by atoms with Gasteiger partial charge in [-0.3, -0.25) is 0 Å². The Morgan fingerprint density at radius 1 is 1.82 bits per heavy atom. The van der Waals surface area contributed by atoms with Gasteiger partial charge in [0.2, 0.25) is 0 Å². The lowest BCUT2D eigenvalue weighted by Crippen LogP contribution is -2.13. The molecule has 1 aromatic heterocycles. The molecule has 0 radical (unpaired) electrons. The Kier molecular flexibility index (Phi) is 2.09. The van der Waals surface area contributed by atoms with E-state index in [0.29, 0.717) is 10.0 Å². The lowest BCUT2D eigenvalue weighted by atomic mass is 10.3. The molecule has 0 atom stereocenters. The molecular formula is C6H6BrN3O. The van der Waals surface area contributed by atoms with E-state index in [4.69, 9.17) is 5.73 Å². The zero-order chi connectivity index (χ0) is 8.43. The first-order chi connectivity index (χ1) is 5.11. The van der Waals surface area contributed by atoms with Crippen LogP contribution in [0.5, 0.6) is 0 Å². The highest BCUT2D eigenvalue weighted by atomic mass is 79.9. The Bertz CT molecular complexity index is 344. The van der Waals surface area contributed by atoms with Gasteiger partial charge in [0.15, 0.2) is 0 Å². The summed E-state index contributed by atoms with van der Waals surface area (Å²) in [5.74, 6) is 0.177. The number of aromatic amines is 1. The van der Waals surface area contributed by atoms with Gasteiger partial charge in [0.25, 0.3) is 0 Å². The third kappa shape index (κ3) is 1.68. The first kappa shape index (κ1) is 8.00. The Labute approximate surface area is 71.3 Å². The smallest absolute Gasteiger partial charge is 0.346 e. The molecule has 0 aliphatic carbocycles. The lowest BCUT2D eigenvalue weighted by molar-refractivity contribution is 1.08. The van der Waals surface area contributed by atoms with Crippen molar-refractivity contribution in [2.24, 2.45) is 0 Å². The van der Waals surface area contributed by atoms with Crippen LogP contribution < -0.4 is 11.4 Å². The van der Waals surface area contributed by atoms with Gasteiger partial charge in [-0.25, -0.2) is 4.79 Å². The number of nitrogen functional groups attached to an aromatic ring is 1. The number of nitrogens with one attached hydrogen (secondary N) is 1. The summed E-state index contributed by atoms with van der Waals surface area (Å²) in [6.45, 7) is 3.59. The van der Waals surface area contributed by atoms with E-state index in [1.54, 1.807) is 0 Å². The normalized spacial score (nSPS) is 9.55. The molecule has 0 aliphatic rings. The van der Waals surface area contributed by atoms with Crippen molar-refractivity contribution in [2.75, 3.05) is 5.73 Å². The molecule has 11 heavy (non-hydrogen) atoms. The van der Waals surface area contributed by atoms with Gasteiger partial charge in [-0.1, -0.05) is 22.5 Å². The zero-order valence-electron chi connectivity index (χ0n) is 5.60. The molecule has 4 nitrogen and oxygen atoms in total. The summed E-state index contributed by atoms with van der Waals surface area (Å²) in [5, 5.41) is 0. The van der Waals surface area contributed by atoms with Crippen LogP contribution in [0.1, 0.15) is 5.56 Å². The molecule has 1 heterocycles. The molecule has 1 rings (SSSR count). The first-order valence-electron chi connectivity index (χ1n) is 2.81. The predicted molar refractivity (Wildman–Crippen MR) is 47.2 cm³/mol. The van der Waals surface area contributed by atoms with Crippen LogP contribution >= 0.6 is 15.9 Å². The van der Waals surface area contributed by atoms with Gasteiger partial charge in [-0.15, -0.1) is 0 Å². The van der Waals surface area contributed by atoms with Crippen LogP contribution in [0.2, 0.25) is 0 Å². The average molecular weight is 216 g/mol. The molecule has 0 amide bonds. The van der Waals surface area contributed by atoms with E-state index in [1.807, 2.05) is 0 Å². The Morgan fingerprint density at radius 3 is 2.91 bits per heavy atom. The summed E-state index contributed by atoms with van der Waals surface area (Å²) in [7, 11) is 0. The number of nitrogens with zero attached hydrogens (tertiary/aromatic N) is 1. The SMILES string of the molecule is C=C(Br)c1c[nH]c(=O)nc1N. The molecule has 5 heteroatoms. The van der Waals surface area contributed by atoms with E-state index < -0.39 is 5.69 Å². The number of rotatable bonds is 1. The fourth-order valence-corrected chi connectivity index (χ4v) is 0.945. The molecule has 0 aliphatic heterocycles. The van der Waals surface area contributed by atoms with Gasteiger partial charge >= 0.3 is 5.69 Å². The molecule has 0 bridgehead atoms. The molecule has 3 N–H and O–H groups in total. The van der Waals surface area contributed by atoms with Crippen LogP contribution in [0, 0.1) is 0 Å². The van der Waals surface area contributed by atoms with Crippen LogP contribution in [-0.2, 0) is 0 Å². The summed E-state index contributed by atoms with van der Waals surface area (Å²) in [6, 6.07) is 0. The van der Waals surface area contributed by atoms with Crippen molar-refractivity contribution >= 4 is 26.2 Å². The number of H-pyrrole nitrogens is 1. The van der Waals surface area contributed by atoms with Crippen LogP contribution in [0.15, 0.2) is 17.6 Å². The number of aromatic nitrogens is 2. The third-order valence-electron chi connectivity index (χ3n) is 1.13. The van der Waals surface area contributed by atoms with Crippen molar-refractivity contribution in [3.63, 3.8) is 0 Å². The summed E-state index contributed by atoms with van der Waals surface area (Å²) in [6.07, 6.45) is 1.46. The topological polar surface area (TPSA) is 71.8 Å². The molecule has 0 fully saturated rings. The first-order valence-corrected chi connectivity index (χ1v) is 3.60. The summed E-state index contributed by atoms with van der Waals surface area (Å²) in [4.78, 5) is 16.4. The second-order valence-corrected chi connectivity index (χ2v) is 2.87. The van der Waals surface area contributed by atoms with E-state index in [-0.39, 0.29) is 5.82 Å². The van der Waals surface area contributed by atoms with E-state index in [1.165, 1.54) is 6.20 Å². The number of halogens is 1. The second kappa shape index (κ2) is 2.87. The Hall–Kier alpha value is -1.10. The van der Waals surface area contributed by atoms with E-state index in [9.17, 15) is 4.79 Å². The fraction of sp³-hybridized carbons (Fsp3) is 0. The molecule has 0 aromatic carbocycles. The maximum atomic E-state index is 10.6. The van der Waals surface area contributed by atoms with Gasteiger partial charge in [0.05, 0.1) is 0 Å². The van der Waals surface area contributed by atoms with Crippen molar-refractivity contribution in [2.45, 2.75) is 0 Å². The fourth-order valence-electron chi connectivity index (χ4n) is 0.627. The zero-order valence-corrected chi connectivity index (χ0v) is 7.18. The Morgan fingerprint density at radius 2 is 2.45 bits per heavy atom. The molecule has 0 saturated carbocycles. The van der Waals surface area contributed by atoms with Crippen LogP contribution in [0.25, 0.3) is 4.48 Å². The number of anilines is 1. The molecule has 58 valence electrons. The number of hydrogen-bond donors (Lipinski definition) is 2. The number of nitrogens with two attached hydrogens (primary N) is 1. The highest BCUT2D eigenvalue weighted by Gasteiger charge is 2.01. The lowest BCUT2D eigenvalue weighted by Gasteiger charge is -1.98. The van der Waals surface area contributed by atoms with Gasteiger partial charge in [-0.2, -0.15) is 4.98 Å². The van der Waals surface area contributed by atoms with Crippen molar-refractivity contribution < 1.29 is 0 Å². The van der Waals surface area contributed by atoms with Crippen LogP contribution in [-0.4, -0.2) is 9.97 Å². The molecular weight excluding hydrogens is 210 g/mol. The van der Waals surface area contributed by atoms with E-state index in [0.717, 1.165) is 0 Å². The maximum absolute atomic E-state index is 10.6. The number of hydrogen-bond acceptors (Lipinski definition) is 3. The highest BCUT2D eigenvalue weighted by molar-refractivity contribution is 9.15. The van der Waals surface area contributed by atoms with Gasteiger partial charge in [0.1, 0.15) is 5.82 Å². The van der Waals surface area contributed by atoms with Crippen molar-refractivity contribution in [1.29, 1.82) is 0 Å². The van der Waals surface area contributed by atoms with Gasteiger partial charge < -0.3 is 10.7 Å². The average Bonchev–Trinajstić information content (AvgIpc) is 1.85. The molecule has 1 aromatic rings. The summed E-state index contributed by atoms with van der Waals surface area (Å²) >= 11 is 3.12.